The van der Waals surface area contributed by atoms with Crippen molar-refractivity contribution in [2.45, 2.75) is 50.6 Å². The first-order valence-corrected chi connectivity index (χ1v) is 12.8. The summed E-state index contributed by atoms with van der Waals surface area (Å²) in [6.45, 7) is 3.29. The molecule has 3 saturated heterocycles. The minimum atomic E-state index is -4.78. The molecule has 2 aromatic carbocycles. The average Bonchev–Trinajstić information content (AvgIpc) is 3.28. The molecule has 39 heavy (non-hydrogen) atoms. The minimum Gasteiger partial charge on any atom is -0.331 e. The summed E-state index contributed by atoms with van der Waals surface area (Å²) < 4.78 is 54.0. The van der Waals surface area contributed by atoms with Gasteiger partial charge in [0.25, 0.3) is 5.91 Å². The molecule has 0 spiro atoms. The number of amides is 4. The molecule has 206 valence electrons. The molecule has 4 amide bonds. The van der Waals surface area contributed by atoms with Crippen molar-refractivity contribution in [1.29, 1.82) is 0 Å². The average molecular weight is 565 g/mol. The van der Waals surface area contributed by atoms with E-state index in [9.17, 15) is 31.9 Å². The normalized spacial score (nSPS) is 23.7. The topological polar surface area (TPSA) is 73.0 Å². The van der Waals surface area contributed by atoms with Crippen molar-refractivity contribution in [2.75, 3.05) is 18.0 Å². The van der Waals surface area contributed by atoms with Crippen LogP contribution >= 0.6 is 11.6 Å². The second kappa shape index (κ2) is 10.3. The molecule has 3 atom stereocenters. The van der Waals surface area contributed by atoms with E-state index in [4.69, 9.17) is 11.6 Å². The fourth-order valence-corrected chi connectivity index (χ4v) is 5.80. The Morgan fingerprint density at radius 2 is 1.74 bits per heavy atom. The Balaban J connectivity index is 1.38. The van der Waals surface area contributed by atoms with Crippen LogP contribution in [0.2, 0.25) is 5.02 Å². The Labute approximate surface area is 227 Å². The maximum absolute atomic E-state index is 13.6. The Morgan fingerprint density at radius 3 is 2.31 bits per heavy atom. The lowest BCUT2D eigenvalue weighted by Gasteiger charge is -2.40. The summed E-state index contributed by atoms with van der Waals surface area (Å²) in [6, 6.07) is 6.10. The number of anilines is 1. The van der Waals surface area contributed by atoms with Gasteiger partial charge in [-0.2, -0.15) is 13.2 Å². The Hall–Kier alpha value is -3.44. The van der Waals surface area contributed by atoms with Crippen LogP contribution in [0.5, 0.6) is 0 Å². The Morgan fingerprint density at radius 1 is 1.10 bits per heavy atom. The van der Waals surface area contributed by atoms with Gasteiger partial charge in [-0.3, -0.25) is 14.5 Å². The van der Waals surface area contributed by atoms with Gasteiger partial charge in [0.05, 0.1) is 16.3 Å². The number of carbonyl (C=O) groups is 3. The molecule has 0 saturated carbocycles. The largest absolute Gasteiger partial charge is 0.417 e. The van der Waals surface area contributed by atoms with Crippen LogP contribution in [-0.2, 0) is 22.3 Å². The number of halogens is 5. The van der Waals surface area contributed by atoms with Gasteiger partial charge in [-0.25, -0.2) is 14.1 Å². The number of nitrogens with one attached hydrogen (secondary N) is 1. The van der Waals surface area contributed by atoms with Crippen LogP contribution < -0.4 is 10.2 Å². The molecule has 12 heteroatoms. The van der Waals surface area contributed by atoms with Crippen LogP contribution in [-0.4, -0.2) is 58.9 Å². The molecule has 1 N–H and O–H groups in total. The molecule has 3 heterocycles. The maximum Gasteiger partial charge on any atom is 0.417 e. The first kappa shape index (κ1) is 27.1. The van der Waals surface area contributed by atoms with Gasteiger partial charge in [-0.1, -0.05) is 23.7 Å². The van der Waals surface area contributed by atoms with E-state index in [0.717, 1.165) is 35.4 Å². The summed E-state index contributed by atoms with van der Waals surface area (Å²) in [5.74, 6) is -1.33. The van der Waals surface area contributed by atoms with Crippen molar-refractivity contribution >= 4 is 41.2 Å². The van der Waals surface area contributed by atoms with Gasteiger partial charge in [0.2, 0.25) is 5.91 Å². The van der Waals surface area contributed by atoms with Crippen molar-refractivity contribution in [3.63, 3.8) is 0 Å². The second-order valence-corrected chi connectivity index (χ2v) is 10.4. The summed E-state index contributed by atoms with van der Waals surface area (Å²) in [7, 11) is 0. The van der Waals surface area contributed by atoms with E-state index in [1.165, 1.54) is 31.2 Å². The van der Waals surface area contributed by atoms with E-state index in [1.807, 2.05) is 0 Å². The van der Waals surface area contributed by atoms with Gasteiger partial charge >= 0.3 is 12.2 Å². The molecule has 2 bridgehead atoms. The van der Waals surface area contributed by atoms with E-state index in [-0.39, 0.29) is 35.1 Å². The van der Waals surface area contributed by atoms with Crippen LogP contribution in [0.1, 0.15) is 36.5 Å². The van der Waals surface area contributed by atoms with Crippen molar-refractivity contribution in [3.05, 3.63) is 70.0 Å². The fraction of sp³-hybridized carbons (Fsp3) is 0.370. The lowest BCUT2D eigenvalue weighted by Crippen LogP contribution is -2.55. The SMILES string of the molecule is CC1NC(=O)N(c2cc(Cl)c(C(F)(F)F)cc2/C=C/C(=O)N2[C@@H]3CC[C@H]2CN(Cc2ccc(F)cc2)C3)C1=O. The van der Waals surface area contributed by atoms with E-state index < -0.39 is 34.7 Å². The summed E-state index contributed by atoms with van der Waals surface area (Å²) in [5, 5.41) is 1.75. The zero-order valence-electron chi connectivity index (χ0n) is 20.8. The highest BCUT2D eigenvalue weighted by Crippen LogP contribution is 2.40. The first-order valence-electron chi connectivity index (χ1n) is 12.4. The highest BCUT2D eigenvalue weighted by atomic mass is 35.5. The standard InChI is InChI=1S/C27H25ClF4N4O3/c1-15-25(38)36(26(39)33-15)23-11-22(28)21(27(30,31)32)10-17(23)4-9-24(37)35-19-7-8-20(35)14-34(13-19)12-16-2-5-18(29)6-3-16/h2-6,9-11,15,19-20H,7-8,12-14H2,1H3,(H,33,39)/b9-4+/t15?,19-,20+. The number of alkyl halides is 3. The van der Waals surface area contributed by atoms with Crippen molar-refractivity contribution in [1.82, 2.24) is 15.1 Å². The second-order valence-electron chi connectivity index (χ2n) is 10.0. The lowest BCUT2D eigenvalue weighted by atomic mass is 10.1. The fourth-order valence-electron chi connectivity index (χ4n) is 5.53. The highest BCUT2D eigenvalue weighted by molar-refractivity contribution is 6.32. The van der Waals surface area contributed by atoms with E-state index in [0.29, 0.717) is 19.6 Å². The maximum atomic E-state index is 13.6. The van der Waals surface area contributed by atoms with Crippen LogP contribution in [0.3, 0.4) is 0 Å². The monoisotopic (exact) mass is 564 g/mol. The molecule has 0 radical (unpaired) electrons. The van der Waals surface area contributed by atoms with Gasteiger partial charge in [-0.15, -0.1) is 0 Å². The predicted molar refractivity (Wildman–Crippen MR) is 136 cm³/mol. The Kier molecular flexibility index (Phi) is 7.15. The number of imide groups is 1. The molecular formula is C27H25ClF4N4O3. The molecule has 7 nitrogen and oxygen atoms in total. The number of piperazine rings is 1. The molecule has 3 aliphatic rings. The zero-order valence-corrected chi connectivity index (χ0v) is 21.6. The van der Waals surface area contributed by atoms with E-state index in [2.05, 4.69) is 10.2 Å². The van der Waals surface area contributed by atoms with Crippen LogP contribution in [0, 0.1) is 5.82 Å². The molecule has 0 aromatic heterocycles. The number of carbonyl (C=O) groups excluding carboxylic acids is 3. The first-order chi connectivity index (χ1) is 18.4. The third kappa shape index (κ3) is 5.38. The molecule has 0 aliphatic carbocycles. The molecule has 2 aromatic rings. The van der Waals surface area contributed by atoms with Crippen LogP contribution in [0.25, 0.3) is 6.08 Å². The van der Waals surface area contributed by atoms with Gasteiger partial charge in [-0.05, 0) is 61.2 Å². The van der Waals surface area contributed by atoms with Gasteiger partial charge in [0.15, 0.2) is 0 Å². The van der Waals surface area contributed by atoms with Gasteiger partial charge < -0.3 is 10.2 Å². The van der Waals surface area contributed by atoms with Gasteiger partial charge in [0, 0.05) is 37.8 Å². The number of benzene rings is 2. The third-order valence-corrected chi connectivity index (χ3v) is 7.65. The molecule has 5 rings (SSSR count). The van der Waals surface area contributed by atoms with Crippen molar-refractivity contribution in [3.8, 4) is 0 Å². The number of hydrogen-bond acceptors (Lipinski definition) is 4. The summed E-state index contributed by atoms with van der Waals surface area (Å²) in [4.78, 5) is 42.9. The molecule has 3 fully saturated rings. The zero-order chi connectivity index (χ0) is 28.1. The Bertz CT molecular complexity index is 1330. The number of rotatable bonds is 5. The van der Waals surface area contributed by atoms with Crippen molar-refractivity contribution < 1.29 is 31.9 Å². The van der Waals surface area contributed by atoms with Crippen molar-refractivity contribution in [2.24, 2.45) is 0 Å². The van der Waals surface area contributed by atoms with Gasteiger partial charge in [0.1, 0.15) is 11.9 Å². The minimum absolute atomic E-state index is 0.0800. The predicted octanol–water partition coefficient (Wildman–Crippen LogP) is 4.83. The molecule has 1 unspecified atom stereocenters. The number of urea groups is 1. The number of nitrogens with zero attached hydrogens (tertiary/aromatic N) is 3. The summed E-state index contributed by atoms with van der Waals surface area (Å²) in [5.41, 5.74) is -0.466. The quantitative estimate of drug-likeness (QED) is 0.321. The summed E-state index contributed by atoms with van der Waals surface area (Å²) >= 11 is 5.89. The number of hydrogen-bond donors (Lipinski definition) is 1. The summed E-state index contributed by atoms with van der Waals surface area (Å²) in [6.07, 6.45) is -0.844. The van der Waals surface area contributed by atoms with E-state index >= 15 is 0 Å². The van der Waals surface area contributed by atoms with Crippen LogP contribution in [0.4, 0.5) is 28.0 Å². The molecular weight excluding hydrogens is 540 g/mol. The van der Waals surface area contributed by atoms with Crippen LogP contribution in [0.15, 0.2) is 42.5 Å². The highest BCUT2D eigenvalue weighted by Gasteiger charge is 2.42. The van der Waals surface area contributed by atoms with E-state index in [1.54, 1.807) is 17.0 Å². The number of fused-ring (bicyclic) bond motifs is 2. The number of likely N-dealkylation sites (tertiary alicyclic amines) is 1. The third-order valence-electron chi connectivity index (χ3n) is 7.33. The lowest BCUT2D eigenvalue weighted by molar-refractivity contribution is -0.137. The smallest absolute Gasteiger partial charge is 0.331 e. The molecule has 3 aliphatic heterocycles.